The molecule has 0 saturated heterocycles. The van der Waals surface area contributed by atoms with Crippen molar-refractivity contribution < 1.29 is 23.9 Å². The highest BCUT2D eigenvalue weighted by molar-refractivity contribution is 6.17. The third kappa shape index (κ3) is 5.32. The van der Waals surface area contributed by atoms with Gasteiger partial charge in [-0.05, 0) is 18.4 Å². The first kappa shape index (κ1) is 19.0. The average Bonchev–Trinajstić information content (AvgIpc) is 2.60. The average molecular weight is 366 g/mol. The maximum absolute atomic E-state index is 12.5. The van der Waals surface area contributed by atoms with E-state index in [1.165, 1.54) is 24.1 Å². The van der Waals surface area contributed by atoms with Gasteiger partial charge < -0.3 is 9.47 Å². The molecular formula is C18H20ClNO5. The Morgan fingerprint density at radius 3 is 2.60 bits per heavy atom. The Balaban J connectivity index is 2.11. The van der Waals surface area contributed by atoms with Crippen molar-refractivity contribution in [3.05, 3.63) is 48.2 Å². The first-order valence-corrected chi connectivity index (χ1v) is 8.50. The molecule has 0 bridgehead atoms. The normalized spacial score (nSPS) is 19.6. The molecule has 0 fully saturated rings. The summed E-state index contributed by atoms with van der Waals surface area (Å²) >= 11 is 5.73. The highest BCUT2D eigenvalue weighted by atomic mass is 35.5. The summed E-state index contributed by atoms with van der Waals surface area (Å²) < 4.78 is 10.4. The highest BCUT2D eigenvalue weighted by Gasteiger charge is 2.39. The summed E-state index contributed by atoms with van der Waals surface area (Å²) in [5.74, 6) is -0.572. The van der Waals surface area contributed by atoms with Gasteiger partial charge in [0.15, 0.2) is 11.9 Å². The lowest BCUT2D eigenvalue weighted by atomic mass is 9.97. The van der Waals surface area contributed by atoms with Crippen LogP contribution in [-0.4, -0.2) is 40.8 Å². The molecule has 1 heterocycles. The third-order valence-corrected chi connectivity index (χ3v) is 4.00. The fraction of sp³-hybridized carbons (Fsp3) is 0.389. The van der Waals surface area contributed by atoms with Crippen molar-refractivity contribution in [3.63, 3.8) is 0 Å². The molecule has 25 heavy (non-hydrogen) atoms. The van der Waals surface area contributed by atoms with E-state index in [0.717, 1.165) is 5.56 Å². The molecule has 0 unspecified atom stereocenters. The van der Waals surface area contributed by atoms with Crippen LogP contribution >= 0.6 is 11.6 Å². The van der Waals surface area contributed by atoms with Crippen LogP contribution in [0.4, 0.5) is 4.79 Å². The van der Waals surface area contributed by atoms with Gasteiger partial charge in [-0.3, -0.25) is 14.5 Å². The van der Waals surface area contributed by atoms with Gasteiger partial charge in [0.1, 0.15) is 6.61 Å². The minimum Gasteiger partial charge on any atom is -0.452 e. The molecule has 0 aromatic heterocycles. The first-order chi connectivity index (χ1) is 12.0. The zero-order chi connectivity index (χ0) is 18.2. The number of benzene rings is 1. The number of halogens is 1. The molecule has 0 saturated carbocycles. The van der Waals surface area contributed by atoms with E-state index in [0.29, 0.717) is 18.7 Å². The van der Waals surface area contributed by atoms with Crippen molar-refractivity contribution in [3.8, 4) is 0 Å². The summed E-state index contributed by atoms with van der Waals surface area (Å²) in [6, 6.07) is 8.62. The first-order valence-electron chi connectivity index (χ1n) is 7.97. The van der Waals surface area contributed by atoms with Crippen LogP contribution in [-0.2, 0) is 25.7 Å². The zero-order valence-electron chi connectivity index (χ0n) is 13.9. The second-order valence-electron chi connectivity index (χ2n) is 5.59. The monoisotopic (exact) mass is 365 g/mol. The molecule has 0 spiro atoms. The number of esters is 1. The molecule has 0 aliphatic carbocycles. The molecule has 6 nitrogen and oxygen atoms in total. The second-order valence-corrected chi connectivity index (χ2v) is 5.97. The standard InChI is InChI=1S/C18H20ClNO5/c1-13(21)25-17-15(8-5-10-19)20(11-9-16(17)22)18(23)24-12-14-6-3-2-4-7-14/h2-4,6-7,9,11,15,17H,5,8,10,12H2,1H3/t15-,17-/m1/s1. The van der Waals surface area contributed by atoms with Crippen LogP contribution in [0, 0.1) is 0 Å². The number of hydrogen-bond acceptors (Lipinski definition) is 5. The van der Waals surface area contributed by atoms with Gasteiger partial charge >= 0.3 is 12.1 Å². The van der Waals surface area contributed by atoms with Gasteiger partial charge in [-0.25, -0.2) is 4.79 Å². The number of ketones is 1. The molecule has 1 aromatic rings. The maximum atomic E-state index is 12.5. The lowest BCUT2D eigenvalue weighted by Crippen LogP contribution is -2.51. The number of carbonyl (C=O) groups is 3. The Kier molecular flexibility index (Phi) is 7.01. The molecule has 1 amide bonds. The Hall–Kier alpha value is -2.34. The summed E-state index contributed by atoms with van der Waals surface area (Å²) in [7, 11) is 0. The molecule has 1 aliphatic heterocycles. The van der Waals surface area contributed by atoms with E-state index in [1.54, 1.807) is 0 Å². The Bertz CT molecular complexity index is 646. The number of amides is 1. The number of rotatable bonds is 6. The van der Waals surface area contributed by atoms with Crippen molar-refractivity contribution in [2.24, 2.45) is 0 Å². The number of carbonyl (C=O) groups excluding carboxylic acids is 3. The molecule has 1 aliphatic rings. The van der Waals surface area contributed by atoms with Crippen molar-refractivity contribution in [2.45, 2.75) is 38.5 Å². The molecule has 134 valence electrons. The molecule has 7 heteroatoms. The van der Waals surface area contributed by atoms with Gasteiger partial charge in [-0.2, -0.15) is 0 Å². The molecule has 2 atom stereocenters. The predicted molar refractivity (Wildman–Crippen MR) is 91.9 cm³/mol. The molecule has 2 rings (SSSR count). The number of alkyl halides is 1. The molecule has 1 aromatic carbocycles. The van der Waals surface area contributed by atoms with Gasteiger partial charge in [-0.1, -0.05) is 30.3 Å². The largest absolute Gasteiger partial charge is 0.452 e. The summed E-state index contributed by atoms with van der Waals surface area (Å²) in [6.07, 6.45) is 1.91. The fourth-order valence-corrected chi connectivity index (χ4v) is 2.73. The van der Waals surface area contributed by atoms with E-state index >= 15 is 0 Å². The van der Waals surface area contributed by atoms with E-state index in [2.05, 4.69) is 0 Å². The summed E-state index contributed by atoms with van der Waals surface area (Å²) in [5.41, 5.74) is 0.849. The maximum Gasteiger partial charge on any atom is 0.414 e. The van der Waals surface area contributed by atoms with Gasteiger partial charge in [0.25, 0.3) is 0 Å². The number of ether oxygens (including phenoxy) is 2. The lowest BCUT2D eigenvalue weighted by Gasteiger charge is -2.35. The molecule has 0 N–H and O–H groups in total. The van der Waals surface area contributed by atoms with E-state index in [4.69, 9.17) is 21.1 Å². The minimum absolute atomic E-state index is 0.110. The van der Waals surface area contributed by atoms with Crippen molar-refractivity contribution in [1.82, 2.24) is 4.90 Å². The van der Waals surface area contributed by atoms with E-state index in [1.807, 2.05) is 30.3 Å². The molecular weight excluding hydrogens is 346 g/mol. The molecule has 0 radical (unpaired) electrons. The zero-order valence-corrected chi connectivity index (χ0v) is 14.6. The van der Waals surface area contributed by atoms with E-state index in [9.17, 15) is 14.4 Å². The summed E-state index contributed by atoms with van der Waals surface area (Å²) in [5, 5.41) is 0. The second kappa shape index (κ2) is 9.22. The van der Waals surface area contributed by atoms with Crippen LogP contribution in [0.3, 0.4) is 0 Å². The topological polar surface area (TPSA) is 72.9 Å². The van der Waals surface area contributed by atoms with E-state index < -0.39 is 24.2 Å². The lowest BCUT2D eigenvalue weighted by molar-refractivity contribution is -0.155. The van der Waals surface area contributed by atoms with Crippen molar-refractivity contribution in [2.75, 3.05) is 5.88 Å². The SMILES string of the molecule is CC(=O)O[C@H]1C(=O)C=CN(C(=O)OCc2ccccc2)[C@@H]1CCCCl. The summed E-state index contributed by atoms with van der Waals surface area (Å²) in [4.78, 5) is 37.1. The van der Waals surface area contributed by atoms with Crippen molar-refractivity contribution in [1.29, 1.82) is 0 Å². The Labute approximate surface area is 151 Å². The van der Waals surface area contributed by atoms with Gasteiger partial charge in [-0.15, -0.1) is 11.6 Å². The highest BCUT2D eigenvalue weighted by Crippen LogP contribution is 2.22. The van der Waals surface area contributed by atoms with Gasteiger partial charge in [0, 0.05) is 25.1 Å². The quantitative estimate of drug-likeness (QED) is 0.572. The smallest absolute Gasteiger partial charge is 0.414 e. The van der Waals surface area contributed by atoms with Gasteiger partial charge in [0.2, 0.25) is 0 Å². The van der Waals surface area contributed by atoms with Crippen LogP contribution in [0.15, 0.2) is 42.6 Å². The third-order valence-electron chi connectivity index (χ3n) is 3.73. The van der Waals surface area contributed by atoms with Crippen LogP contribution in [0.2, 0.25) is 0 Å². The summed E-state index contributed by atoms with van der Waals surface area (Å²) in [6.45, 7) is 1.33. The van der Waals surface area contributed by atoms with Crippen molar-refractivity contribution >= 4 is 29.4 Å². The van der Waals surface area contributed by atoms with Crippen LogP contribution in [0.5, 0.6) is 0 Å². The Morgan fingerprint density at radius 1 is 1.24 bits per heavy atom. The number of nitrogens with zero attached hydrogens (tertiary/aromatic N) is 1. The Morgan fingerprint density at radius 2 is 1.96 bits per heavy atom. The minimum atomic E-state index is -1.05. The van der Waals surface area contributed by atoms with Crippen LogP contribution < -0.4 is 0 Å². The van der Waals surface area contributed by atoms with Crippen LogP contribution in [0.1, 0.15) is 25.3 Å². The van der Waals surface area contributed by atoms with Crippen LogP contribution in [0.25, 0.3) is 0 Å². The fourth-order valence-electron chi connectivity index (χ4n) is 2.58. The van der Waals surface area contributed by atoms with Gasteiger partial charge in [0.05, 0.1) is 6.04 Å². The van der Waals surface area contributed by atoms with E-state index in [-0.39, 0.29) is 12.4 Å². The number of hydrogen-bond donors (Lipinski definition) is 0. The predicted octanol–water partition coefficient (Wildman–Crippen LogP) is 3.04.